The maximum atomic E-state index is 4.86. The Labute approximate surface area is 267 Å². The van der Waals surface area contributed by atoms with Crippen LogP contribution in [0.15, 0.2) is 158 Å². The van der Waals surface area contributed by atoms with Crippen LogP contribution >= 0.6 is 0 Å². The lowest BCUT2D eigenvalue weighted by Gasteiger charge is -2.11. The van der Waals surface area contributed by atoms with Gasteiger partial charge >= 0.3 is 0 Å². The molecule has 3 aromatic heterocycles. The molecule has 3 heterocycles. The molecule has 0 saturated heterocycles. The predicted molar refractivity (Wildman–Crippen MR) is 192 cm³/mol. The molecule has 0 unspecified atom stereocenters. The standard InChI is InChI=1S/C43H29N3/c1-28-37(12-7-23-44-28)35-18-22-41(45-27-35)34-17-19-38-33(25-34)16-21-40-39-20-15-32(31-14-13-29-8-5-6-9-30(29)24-31)26-42(39)46(43(38)40)36-10-3-2-4-11-36/h2-27H,1H3. The van der Waals surface area contributed by atoms with Crippen molar-refractivity contribution >= 4 is 43.4 Å². The maximum absolute atomic E-state index is 4.86. The van der Waals surface area contributed by atoms with Gasteiger partial charge in [0.05, 0.1) is 16.7 Å². The summed E-state index contributed by atoms with van der Waals surface area (Å²) in [4.78, 5) is 9.30. The summed E-state index contributed by atoms with van der Waals surface area (Å²) in [7, 11) is 0. The number of aromatic nitrogens is 3. The Morgan fingerprint density at radius 2 is 1.17 bits per heavy atom. The van der Waals surface area contributed by atoms with Crippen molar-refractivity contribution in [1.82, 2.24) is 14.5 Å². The van der Waals surface area contributed by atoms with Crippen LogP contribution in [0.5, 0.6) is 0 Å². The second-order valence-corrected chi connectivity index (χ2v) is 11.9. The van der Waals surface area contributed by atoms with E-state index in [2.05, 4.69) is 149 Å². The predicted octanol–water partition coefficient (Wildman–Crippen LogP) is 11.2. The number of nitrogens with zero attached hydrogens (tertiary/aromatic N) is 3. The van der Waals surface area contributed by atoms with Crippen molar-refractivity contribution in [2.45, 2.75) is 6.92 Å². The molecule has 0 spiro atoms. The average molecular weight is 588 g/mol. The molecule has 0 aliphatic rings. The third-order valence-electron chi connectivity index (χ3n) is 9.22. The van der Waals surface area contributed by atoms with E-state index < -0.39 is 0 Å². The van der Waals surface area contributed by atoms with Crippen LogP contribution in [-0.4, -0.2) is 14.5 Å². The second kappa shape index (κ2) is 10.5. The number of rotatable bonds is 4. The summed E-state index contributed by atoms with van der Waals surface area (Å²) in [5.41, 5.74) is 11.2. The number of benzene rings is 6. The quantitative estimate of drug-likeness (QED) is 0.205. The summed E-state index contributed by atoms with van der Waals surface area (Å²) in [5.74, 6) is 0. The van der Waals surface area contributed by atoms with Crippen LogP contribution in [0.25, 0.3) is 82.5 Å². The maximum Gasteiger partial charge on any atom is 0.0702 e. The molecule has 0 saturated carbocycles. The summed E-state index contributed by atoms with van der Waals surface area (Å²) in [6.07, 6.45) is 3.78. The van der Waals surface area contributed by atoms with Crippen LogP contribution in [-0.2, 0) is 0 Å². The van der Waals surface area contributed by atoms with Gasteiger partial charge in [0.2, 0.25) is 0 Å². The number of hydrogen-bond donors (Lipinski definition) is 0. The molecule has 9 aromatic rings. The summed E-state index contributed by atoms with van der Waals surface area (Å²) in [6, 6.07) is 52.5. The molecule has 6 aromatic carbocycles. The molecule has 0 radical (unpaired) electrons. The van der Waals surface area contributed by atoms with E-state index in [0.29, 0.717) is 0 Å². The van der Waals surface area contributed by atoms with Gasteiger partial charge in [-0.1, -0.05) is 103 Å². The Morgan fingerprint density at radius 3 is 2.02 bits per heavy atom. The molecular formula is C43H29N3. The number of aryl methyl sites for hydroxylation is 1. The molecule has 0 bridgehead atoms. The lowest BCUT2D eigenvalue weighted by molar-refractivity contribution is 1.19. The van der Waals surface area contributed by atoms with E-state index in [9.17, 15) is 0 Å². The normalized spacial score (nSPS) is 11.6. The molecular weight excluding hydrogens is 558 g/mol. The largest absolute Gasteiger partial charge is 0.309 e. The fraction of sp³-hybridized carbons (Fsp3) is 0.0233. The molecule has 0 atom stereocenters. The van der Waals surface area contributed by atoms with Crippen molar-refractivity contribution in [2.24, 2.45) is 0 Å². The number of hydrogen-bond acceptors (Lipinski definition) is 2. The van der Waals surface area contributed by atoms with Gasteiger partial charge in [0.1, 0.15) is 0 Å². The Bertz CT molecular complexity index is 2580. The summed E-state index contributed by atoms with van der Waals surface area (Å²) >= 11 is 0. The van der Waals surface area contributed by atoms with Gasteiger partial charge in [-0.05, 0) is 76.7 Å². The van der Waals surface area contributed by atoms with Gasteiger partial charge in [-0.15, -0.1) is 0 Å². The molecule has 0 N–H and O–H groups in total. The fourth-order valence-corrected chi connectivity index (χ4v) is 6.90. The topological polar surface area (TPSA) is 30.7 Å². The first kappa shape index (κ1) is 26.4. The van der Waals surface area contributed by atoms with E-state index in [4.69, 9.17) is 4.98 Å². The molecule has 3 heteroatoms. The fourth-order valence-electron chi connectivity index (χ4n) is 6.90. The van der Waals surface area contributed by atoms with E-state index in [1.54, 1.807) is 0 Å². The van der Waals surface area contributed by atoms with Crippen LogP contribution in [0.4, 0.5) is 0 Å². The Morgan fingerprint density at radius 1 is 0.478 bits per heavy atom. The Balaban J connectivity index is 1.21. The van der Waals surface area contributed by atoms with Crippen LogP contribution in [0.2, 0.25) is 0 Å². The number of pyridine rings is 2. The van der Waals surface area contributed by atoms with Gasteiger partial charge in [0.25, 0.3) is 0 Å². The zero-order valence-corrected chi connectivity index (χ0v) is 25.4. The van der Waals surface area contributed by atoms with E-state index in [1.807, 2.05) is 25.4 Å². The van der Waals surface area contributed by atoms with Crippen molar-refractivity contribution in [1.29, 1.82) is 0 Å². The molecule has 9 rings (SSSR count). The molecule has 0 aliphatic carbocycles. The second-order valence-electron chi connectivity index (χ2n) is 11.9. The molecule has 216 valence electrons. The van der Waals surface area contributed by atoms with Gasteiger partial charge in [0.15, 0.2) is 0 Å². The van der Waals surface area contributed by atoms with Crippen molar-refractivity contribution in [3.05, 3.63) is 164 Å². The highest BCUT2D eigenvalue weighted by atomic mass is 15.0. The monoisotopic (exact) mass is 587 g/mol. The SMILES string of the molecule is Cc1ncccc1-c1ccc(-c2ccc3c(ccc4c5ccc(-c6ccc7ccccc7c6)cc5n(-c5ccccc5)c34)c2)nc1. The van der Waals surface area contributed by atoms with Crippen LogP contribution in [0.1, 0.15) is 5.69 Å². The smallest absolute Gasteiger partial charge is 0.0702 e. The number of fused-ring (bicyclic) bond motifs is 6. The van der Waals surface area contributed by atoms with Crippen LogP contribution in [0.3, 0.4) is 0 Å². The lowest BCUT2D eigenvalue weighted by atomic mass is 9.99. The third-order valence-corrected chi connectivity index (χ3v) is 9.22. The molecule has 0 fully saturated rings. The lowest BCUT2D eigenvalue weighted by Crippen LogP contribution is -1.94. The van der Waals surface area contributed by atoms with Crippen LogP contribution < -0.4 is 0 Å². The zero-order chi connectivity index (χ0) is 30.6. The summed E-state index contributed by atoms with van der Waals surface area (Å²) in [5, 5.41) is 7.41. The summed E-state index contributed by atoms with van der Waals surface area (Å²) < 4.78 is 2.43. The summed E-state index contributed by atoms with van der Waals surface area (Å²) in [6.45, 7) is 2.03. The zero-order valence-electron chi connectivity index (χ0n) is 25.4. The van der Waals surface area contributed by atoms with E-state index >= 15 is 0 Å². The highest BCUT2D eigenvalue weighted by Gasteiger charge is 2.17. The van der Waals surface area contributed by atoms with Gasteiger partial charge in [-0.25, -0.2) is 0 Å². The highest BCUT2D eigenvalue weighted by Crippen LogP contribution is 2.39. The first-order valence-electron chi connectivity index (χ1n) is 15.7. The molecule has 3 nitrogen and oxygen atoms in total. The van der Waals surface area contributed by atoms with Gasteiger partial charge in [-0.3, -0.25) is 9.97 Å². The first-order chi connectivity index (χ1) is 22.7. The van der Waals surface area contributed by atoms with Gasteiger partial charge in [-0.2, -0.15) is 0 Å². The van der Waals surface area contributed by atoms with Crippen molar-refractivity contribution in [3.8, 4) is 39.2 Å². The molecule has 0 amide bonds. The van der Waals surface area contributed by atoms with Gasteiger partial charge < -0.3 is 4.57 Å². The minimum Gasteiger partial charge on any atom is -0.309 e. The minimum absolute atomic E-state index is 0.955. The van der Waals surface area contributed by atoms with Crippen LogP contribution in [0, 0.1) is 6.92 Å². The number of para-hydroxylation sites is 1. The van der Waals surface area contributed by atoms with Crippen molar-refractivity contribution in [2.75, 3.05) is 0 Å². The Hall–Kier alpha value is -6.06. The highest BCUT2D eigenvalue weighted by molar-refractivity contribution is 6.19. The Kier molecular flexibility index (Phi) is 6.04. The first-order valence-corrected chi connectivity index (χ1v) is 15.7. The third kappa shape index (κ3) is 4.28. The van der Waals surface area contributed by atoms with E-state index in [-0.39, 0.29) is 0 Å². The van der Waals surface area contributed by atoms with E-state index in [1.165, 1.54) is 54.5 Å². The van der Waals surface area contributed by atoms with Gasteiger partial charge in [0, 0.05) is 56.6 Å². The van der Waals surface area contributed by atoms with Crippen molar-refractivity contribution < 1.29 is 0 Å². The van der Waals surface area contributed by atoms with Crippen molar-refractivity contribution in [3.63, 3.8) is 0 Å². The van der Waals surface area contributed by atoms with E-state index in [0.717, 1.165) is 33.8 Å². The molecule has 46 heavy (non-hydrogen) atoms. The average Bonchev–Trinajstić information content (AvgIpc) is 3.46. The minimum atomic E-state index is 0.955. The molecule has 0 aliphatic heterocycles.